The average Bonchev–Trinajstić information content (AvgIpc) is 2.63. The Morgan fingerprint density at radius 1 is 1.36 bits per heavy atom. The normalized spacial score (nSPS) is 10.7. The Kier molecular flexibility index (Phi) is 7.59. The second-order valence-electron chi connectivity index (χ2n) is 5.23. The number of hydrogen-bond donors (Lipinski definition) is 2. The number of phenols is 1. The number of halogens is 2. The Bertz CT molecular complexity index is 922. The predicted molar refractivity (Wildman–Crippen MR) is 106 cm³/mol. The average molecular weight is 473 g/mol. The SMILES string of the molecule is CCOc1cc(C=NNC(=O)COc2ccc(Cl)cc2Br)cc([N+](=O)[O-])c1O. The molecule has 0 saturated carbocycles. The van der Waals surface area contributed by atoms with Crippen molar-refractivity contribution >= 4 is 45.3 Å². The number of nitrogens with one attached hydrogen (secondary N) is 1. The third-order valence-electron chi connectivity index (χ3n) is 3.23. The maximum Gasteiger partial charge on any atom is 0.315 e. The molecule has 0 aromatic heterocycles. The molecule has 2 aromatic rings. The fourth-order valence-electron chi connectivity index (χ4n) is 2.04. The highest BCUT2D eigenvalue weighted by Crippen LogP contribution is 2.36. The van der Waals surface area contributed by atoms with Crippen LogP contribution in [-0.4, -0.2) is 35.4 Å². The lowest BCUT2D eigenvalue weighted by Crippen LogP contribution is -2.24. The predicted octanol–water partition coefficient (Wildman–Crippen LogP) is 3.64. The molecular weight excluding hydrogens is 458 g/mol. The summed E-state index contributed by atoms with van der Waals surface area (Å²) < 4.78 is 11.1. The smallest absolute Gasteiger partial charge is 0.315 e. The zero-order chi connectivity index (χ0) is 20.7. The topological polar surface area (TPSA) is 123 Å². The number of carbonyl (C=O) groups excluding carboxylic acids is 1. The van der Waals surface area contributed by atoms with Crippen molar-refractivity contribution in [2.24, 2.45) is 5.10 Å². The van der Waals surface area contributed by atoms with Crippen LogP contribution in [0.3, 0.4) is 0 Å². The number of carbonyl (C=O) groups is 1. The molecule has 0 heterocycles. The van der Waals surface area contributed by atoms with E-state index in [0.29, 0.717) is 15.2 Å². The maximum atomic E-state index is 11.8. The summed E-state index contributed by atoms with van der Waals surface area (Å²) >= 11 is 9.09. The molecule has 2 aromatic carbocycles. The number of benzene rings is 2. The van der Waals surface area contributed by atoms with Crippen LogP contribution in [0, 0.1) is 10.1 Å². The van der Waals surface area contributed by atoms with E-state index in [0.717, 1.165) is 6.07 Å². The molecule has 0 aliphatic heterocycles. The van der Waals surface area contributed by atoms with Gasteiger partial charge >= 0.3 is 5.69 Å². The first kappa shape index (κ1) is 21.5. The summed E-state index contributed by atoms with van der Waals surface area (Å²) in [4.78, 5) is 22.1. The highest BCUT2D eigenvalue weighted by Gasteiger charge is 2.19. The van der Waals surface area contributed by atoms with E-state index in [4.69, 9.17) is 21.1 Å². The number of amides is 1. The van der Waals surface area contributed by atoms with Crippen molar-refractivity contribution in [3.63, 3.8) is 0 Å². The van der Waals surface area contributed by atoms with E-state index < -0.39 is 22.3 Å². The number of ether oxygens (including phenoxy) is 2. The number of rotatable bonds is 8. The minimum absolute atomic E-state index is 0.0552. The largest absolute Gasteiger partial charge is 0.500 e. The Hall–Kier alpha value is -2.85. The third-order valence-corrected chi connectivity index (χ3v) is 4.08. The highest BCUT2D eigenvalue weighted by molar-refractivity contribution is 9.10. The molecule has 9 nitrogen and oxygen atoms in total. The summed E-state index contributed by atoms with van der Waals surface area (Å²) in [6.07, 6.45) is 1.19. The Morgan fingerprint density at radius 2 is 2.11 bits per heavy atom. The van der Waals surface area contributed by atoms with Gasteiger partial charge in [0.25, 0.3) is 5.91 Å². The lowest BCUT2D eigenvalue weighted by atomic mass is 10.2. The molecule has 1 amide bonds. The minimum atomic E-state index is -0.744. The van der Waals surface area contributed by atoms with Crippen molar-refractivity contribution in [3.05, 3.63) is 55.5 Å². The van der Waals surface area contributed by atoms with Gasteiger partial charge in [-0.25, -0.2) is 5.43 Å². The first-order valence-corrected chi connectivity index (χ1v) is 9.02. The molecule has 0 fully saturated rings. The lowest BCUT2D eigenvalue weighted by Gasteiger charge is -2.08. The van der Waals surface area contributed by atoms with Gasteiger partial charge in [-0.2, -0.15) is 5.10 Å². The number of nitro benzene ring substituents is 1. The number of phenolic OH excluding ortho intramolecular Hbond substituents is 1. The molecule has 148 valence electrons. The van der Waals surface area contributed by atoms with Gasteiger partial charge in [0.2, 0.25) is 5.75 Å². The first-order valence-electron chi connectivity index (χ1n) is 7.85. The summed E-state index contributed by atoms with van der Waals surface area (Å²) in [7, 11) is 0. The fraction of sp³-hybridized carbons (Fsp3) is 0.176. The van der Waals surface area contributed by atoms with Crippen molar-refractivity contribution < 1.29 is 24.3 Å². The molecule has 11 heteroatoms. The quantitative estimate of drug-likeness (QED) is 0.343. The molecule has 0 saturated heterocycles. The molecule has 0 atom stereocenters. The van der Waals surface area contributed by atoms with Crippen molar-refractivity contribution in [2.45, 2.75) is 6.92 Å². The molecule has 2 N–H and O–H groups in total. The zero-order valence-corrected chi connectivity index (χ0v) is 16.9. The highest BCUT2D eigenvalue weighted by atomic mass is 79.9. The number of nitro groups is 1. The van der Waals surface area contributed by atoms with Gasteiger partial charge in [-0.05, 0) is 47.1 Å². The van der Waals surface area contributed by atoms with Gasteiger partial charge in [0.05, 0.1) is 22.2 Å². The molecule has 0 aliphatic rings. The zero-order valence-electron chi connectivity index (χ0n) is 14.5. The van der Waals surface area contributed by atoms with Crippen LogP contribution in [0.1, 0.15) is 12.5 Å². The second-order valence-corrected chi connectivity index (χ2v) is 6.52. The van der Waals surface area contributed by atoms with Crippen LogP contribution in [0.4, 0.5) is 5.69 Å². The van der Waals surface area contributed by atoms with Crippen LogP contribution >= 0.6 is 27.5 Å². The molecule has 0 radical (unpaired) electrons. The molecule has 0 bridgehead atoms. The molecule has 0 unspecified atom stereocenters. The lowest BCUT2D eigenvalue weighted by molar-refractivity contribution is -0.386. The molecule has 0 aliphatic carbocycles. The monoisotopic (exact) mass is 471 g/mol. The van der Waals surface area contributed by atoms with Crippen molar-refractivity contribution in [3.8, 4) is 17.2 Å². The van der Waals surface area contributed by atoms with E-state index in [2.05, 4.69) is 26.5 Å². The van der Waals surface area contributed by atoms with Gasteiger partial charge < -0.3 is 14.6 Å². The molecular formula is C17H15BrClN3O6. The number of nitrogens with zero attached hydrogens (tertiary/aromatic N) is 2. The van der Waals surface area contributed by atoms with Crippen LogP contribution in [0.15, 0.2) is 39.9 Å². The molecule has 0 spiro atoms. The van der Waals surface area contributed by atoms with Crippen molar-refractivity contribution in [2.75, 3.05) is 13.2 Å². The van der Waals surface area contributed by atoms with E-state index in [-0.39, 0.29) is 24.5 Å². The molecule has 2 rings (SSSR count). The van der Waals surface area contributed by atoms with Gasteiger partial charge in [-0.15, -0.1) is 0 Å². The van der Waals surface area contributed by atoms with Crippen LogP contribution < -0.4 is 14.9 Å². The van der Waals surface area contributed by atoms with Crippen LogP contribution in [0.25, 0.3) is 0 Å². The second kappa shape index (κ2) is 9.90. The third kappa shape index (κ3) is 5.83. The standard InChI is InChI=1S/C17H15BrClN3O6/c1-2-27-15-6-10(5-13(17(15)24)22(25)26)8-20-21-16(23)9-28-14-4-3-11(19)7-12(14)18/h3-8,24H,2,9H2,1H3,(H,21,23). The first-order chi connectivity index (χ1) is 13.3. The van der Waals surface area contributed by atoms with Gasteiger partial charge in [-0.3, -0.25) is 14.9 Å². The van der Waals surface area contributed by atoms with Gasteiger partial charge in [0.1, 0.15) is 5.75 Å². The van der Waals surface area contributed by atoms with Crippen LogP contribution in [0.2, 0.25) is 5.02 Å². The van der Waals surface area contributed by atoms with E-state index in [1.807, 2.05) is 0 Å². The summed E-state index contributed by atoms with van der Waals surface area (Å²) in [6.45, 7) is 1.57. The van der Waals surface area contributed by atoms with Gasteiger partial charge in [0, 0.05) is 16.7 Å². The maximum absolute atomic E-state index is 11.8. The number of hydrazone groups is 1. The van der Waals surface area contributed by atoms with Crippen LogP contribution in [0.5, 0.6) is 17.2 Å². The van der Waals surface area contributed by atoms with Crippen molar-refractivity contribution in [1.29, 1.82) is 0 Å². The summed E-state index contributed by atoms with van der Waals surface area (Å²) in [6, 6.07) is 7.32. The van der Waals surface area contributed by atoms with E-state index >= 15 is 0 Å². The summed E-state index contributed by atoms with van der Waals surface area (Å²) in [5, 5.41) is 25.1. The Labute approximate surface area is 173 Å². The summed E-state index contributed by atoms with van der Waals surface area (Å²) in [5.74, 6) is -0.745. The van der Waals surface area contributed by atoms with Crippen molar-refractivity contribution in [1.82, 2.24) is 5.43 Å². The Balaban J connectivity index is 2.01. The number of aromatic hydroxyl groups is 1. The van der Waals surface area contributed by atoms with E-state index in [9.17, 15) is 20.0 Å². The fourth-order valence-corrected chi connectivity index (χ4v) is 2.84. The van der Waals surface area contributed by atoms with Gasteiger partial charge in [-0.1, -0.05) is 11.6 Å². The number of hydrogen-bond acceptors (Lipinski definition) is 7. The summed E-state index contributed by atoms with van der Waals surface area (Å²) in [5.41, 5.74) is 1.96. The Morgan fingerprint density at radius 3 is 2.75 bits per heavy atom. The van der Waals surface area contributed by atoms with Crippen LogP contribution in [-0.2, 0) is 4.79 Å². The van der Waals surface area contributed by atoms with Gasteiger partial charge in [0.15, 0.2) is 12.4 Å². The van der Waals surface area contributed by atoms with E-state index in [1.54, 1.807) is 25.1 Å². The van der Waals surface area contributed by atoms with E-state index in [1.165, 1.54) is 12.3 Å². The minimum Gasteiger partial charge on any atom is -0.500 e. The molecule has 28 heavy (non-hydrogen) atoms.